The van der Waals surface area contributed by atoms with Gasteiger partial charge in [-0.2, -0.15) is 0 Å². The molecule has 0 bridgehead atoms. The smallest absolute Gasteiger partial charge is 0.219 e. The predicted molar refractivity (Wildman–Crippen MR) is 226 cm³/mol. The highest BCUT2D eigenvalue weighted by molar-refractivity contribution is 5.81. The van der Waals surface area contributed by atoms with Gasteiger partial charge >= 0.3 is 0 Å². The van der Waals surface area contributed by atoms with Gasteiger partial charge in [-0.1, -0.05) is 156 Å². The molecule has 0 fully saturated rings. The molecule has 4 nitrogen and oxygen atoms in total. The van der Waals surface area contributed by atoms with Crippen LogP contribution in [0.15, 0.2) is 122 Å². The second-order valence-corrected chi connectivity index (χ2v) is 18.6. The first-order chi connectivity index (χ1) is 25.3. The third kappa shape index (κ3) is 8.93. The Bertz CT molecular complexity index is 2020. The maximum absolute atomic E-state index is 6.63. The third-order valence-electron chi connectivity index (χ3n) is 9.95. The van der Waals surface area contributed by atoms with Crippen LogP contribution >= 0.6 is 0 Å². The summed E-state index contributed by atoms with van der Waals surface area (Å²) in [5.41, 5.74) is 11.3. The molecule has 6 rings (SSSR count). The highest BCUT2D eigenvalue weighted by atomic mass is 16.5. The SMILES string of the molecule is CC(C)(C)c1cc(-c2ccc(-c3ccc(-c4cc(C(C)(C)C)cc(C(C)(C)C)c4)c(Oc4ccccn4)c3)cc2Oc2ccccn2)cc(C(C)(C)C)c1. The van der Waals surface area contributed by atoms with Gasteiger partial charge in [-0.15, -0.1) is 0 Å². The summed E-state index contributed by atoms with van der Waals surface area (Å²) in [7, 11) is 0. The summed E-state index contributed by atoms with van der Waals surface area (Å²) in [6.07, 6.45) is 3.52. The zero-order chi connectivity index (χ0) is 39.1. The van der Waals surface area contributed by atoms with E-state index in [0.717, 1.165) is 44.9 Å². The van der Waals surface area contributed by atoms with Gasteiger partial charge in [-0.25, -0.2) is 9.97 Å². The zero-order valence-electron chi connectivity index (χ0n) is 34.3. The lowest BCUT2D eigenvalue weighted by Gasteiger charge is -2.27. The fourth-order valence-electron chi connectivity index (χ4n) is 6.39. The lowest BCUT2D eigenvalue weighted by molar-refractivity contribution is 0.464. The van der Waals surface area contributed by atoms with Crippen molar-refractivity contribution in [2.45, 2.75) is 105 Å². The van der Waals surface area contributed by atoms with E-state index in [9.17, 15) is 0 Å². The number of rotatable bonds is 7. The maximum Gasteiger partial charge on any atom is 0.219 e. The monoisotopic (exact) mass is 716 g/mol. The molecule has 0 radical (unpaired) electrons. The Morgan fingerprint density at radius 2 is 0.685 bits per heavy atom. The van der Waals surface area contributed by atoms with Crippen LogP contribution in [0, 0.1) is 0 Å². The van der Waals surface area contributed by atoms with Gasteiger partial charge in [-0.05, 0) is 90.4 Å². The second-order valence-electron chi connectivity index (χ2n) is 18.6. The van der Waals surface area contributed by atoms with E-state index in [1.54, 1.807) is 12.4 Å². The first kappa shape index (κ1) is 38.5. The number of nitrogens with zero attached hydrogens (tertiary/aromatic N) is 2. The maximum atomic E-state index is 6.63. The molecule has 0 saturated heterocycles. The second kappa shape index (κ2) is 14.5. The fraction of sp³-hybridized carbons (Fsp3) is 0.320. The first-order valence-electron chi connectivity index (χ1n) is 19.0. The standard InChI is InChI=1S/C50H56N2O2/c1-47(2,3)37-25-35(26-38(31-37)48(4,5)6)41-21-19-33(29-43(41)53-45-17-13-15-23-51-45)34-20-22-42(44(30-34)54-46-18-14-16-24-52-46)36-27-39(49(7,8)9)32-40(28-36)50(10,11)12/h13-32H,1-12H3. The van der Waals surface area contributed by atoms with Crippen LogP contribution in [-0.2, 0) is 21.7 Å². The van der Waals surface area contributed by atoms with Crippen molar-refractivity contribution < 1.29 is 9.47 Å². The van der Waals surface area contributed by atoms with Crippen LogP contribution in [0.4, 0.5) is 0 Å². The Kier molecular flexibility index (Phi) is 10.4. The number of hydrogen-bond acceptors (Lipinski definition) is 4. The minimum atomic E-state index is -0.0240. The van der Waals surface area contributed by atoms with Crippen molar-refractivity contribution in [2.75, 3.05) is 0 Å². The van der Waals surface area contributed by atoms with Crippen molar-refractivity contribution >= 4 is 0 Å². The zero-order valence-corrected chi connectivity index (χ0v) is 34.3. The largest absolute Gasteiger partial charge is 0.438 e. The van der Waals surface area contributed by atoms with Crippen molar-refractivity contribution in [1.29, 1.82) is 0 Å². The van der Waals surface area contributed by atoms with Crippen molar-refractivity contribution in [3.63, 3.8) is 0 Å². The molecule has 0 saturated carbocycles. The van der Waals surface area contributed by atoms with Gasteiger partial charge in [0.2, 0.25) is 11.8 Å². The molecule has 4 aromatic carbocycles. The Morgan fingerprint density at radius 1 is 0.352 bits per heavy atom. The van der Waals surface area contributed by atoms with E-state index in [-0.39, 0.29) is 21.7 Å². The Balaban J connectivity index is 1.54. The van der Waals surface area contributed by atoms with E-state index < -0.39 is 0 Å². The van der Waals surface area contributed by atoms with Gasteiger partial charge < -0.3 is 9.47 Å². The molecule has 2 heterocycles. The van der Waals surface area contributed by atoms with Gasteiger partial charge in [0.1, 0.15) is 11.5 Å². The van der Waals surface area contributed by atoms with Crippen LogP contribution in [0.2, 0.25) is 0 Å². The Morgan fingerprint density at radius 3 is 0.963 bits per heavy atom. The summed E-state index contributed by atoms with van der Waals surface area (Å²) < 4.78 is 13.3. The Hall–Kier alpha value is -5.22. The molecule has 0 aliphatic heterocycles. The quantitative estimate of drug-likeness (QED) is 0.165. The molecule has 2 aromatic heterocycles. The van der Waals surface area contributed by atoms with Crippen LogP contribution in [0.5, 0.6) is 23.3 Å². The highest BCUT2D eigenvalue weighted by Crippen LogP contribution is 2.43. The predicted octanol–water partition coefficient (Wildman–Crippen LogP) is 14.3. The fourth-order valence-corrected chi connectivity index (χ4v) is 6.39. The van der Waals surface area contributed by atoms with E-state index in [2.05, 4.69) is 166 Å². The van der Waals surface area contributed by atoms with Crippen molar-refractivity contribution in [3.8, 4) is 56.6 Å². The first-order valence-corrected chi connectivity index (χ1v) is 19.0. The van der Waals surface area contributed by atoms with E-state index >= 15 is 0 Å². The van der Waals surface area contributed by atoms with Gasteiger partial charge in [0.05, 0.1) is 0 Å². The van der Waals surface area contributed by atoms with E-state index in [1.807, 2.05) is 36.4 Å². The average Bonchev–Trinajstić information content (AvgIpc) is 3.10. The van der Waals surface area contributed by atoms with E-state index in [4.69, 9.17) is 9.47 Å². The molecule has 0 amide bonds. The van der Waals surface area contributed by atoms with E-state index in [1.165, 1.54) is 22.3 Å². The lowest BCUT2D eigenvalue weighted by atomic mass is 9.78. The summed E-state index contributed by atoms with van der Waals surface area (Å²) >= 11 is 0. The summed E-state index contributed by atoms with van der Waals surface area (Å²) in [6, 6.07) is 38.4. The van der Waals surface area contributed by atoms with Crippen LogP contribution < -0.4 is 9.47 Å². The van der Waals surface area contributed by atoms with Crippen molar-refractivity contribution in [1.82, 2.24) is 9.97 Å². The van der Waals surface area contributed by atoms with Crippen LogP contribution in [0.1, 0.15) is 105 Å². The number of pyridine rings is 2. The highest BCUT2D eigenvalue weighted by Gasteiger charge is 2.24. The van der Waals surface area contributed by atoms with Gasteiger partial charge in [0.15, 0.2) is 0 Å². The van der Waals surface area contributed by atoms with Crippen LogP contribution in [-0.4, -0.2) is 9.97 Å². The summed E-state index contributed by atoms with van der Waals surface area (Å²) in [4.78, 5) is 9.06. The average molecular weight is 717 g/mol. The van der Waals surface area contributed by atoms with Gasteiger partial charge in [-0.3, -0.25) is 0 Å². The van der Waals surface area contributed by atoms with Crippen LogP contribution in [0.25, 0.3) is 33.4 Å². The summed E-state index contributed by atoms with van der Waals surface area (Å²) in [5, 5.41) is 0. The molecule has 0 N–H and O–H groups in total. The van der Waals surface area contributed by atoms with Gasteiger partial charge in [0, 0.05) is 35.7 Å². The molecular formula is C50H56N2O2. The number of hydrogen-bond donors (Lipinski definition) is 0. The summed E-state index contributed by atoms with van der Waals surface area (Å²) in [6.45, 7) is 27.2. The number of benzene rings is 4. The van der Waals surface area contributed by atoms with E-state index in [0.29, 0.717) is 11.8 Å². The molecule has 0 atom stereocenters. The topological polar surface area (TPSA) is 44.2 Å². The normalized spacial score (nSPS) is 12.4. The molecule has 0 unspecified atom stereocenters. The third-order valence-corrected chi connectivity index (χ3v) is 9.95. The molecule has 0 aliphatic carbocycles. The lowest BCUT2D eigenvalue weighted by Crippen LogP contribution is -2.16. The van der Waals surface area contributed by atoms with Crippen molar-refractivity contribution in [2.24, 2.45) is 0 Å². The molecule has 0 aliphatic rings. The molecule has 278 valence electrons. The summed E-state index contributed by atoms with van der Waals surface area (Å²) in [5.74, 6) is 2.56. The number of aromatic nitrogens is 2. The Labute approximate surface area is 323 Å². The molecule has 4 heteroatoms. The molecular weight excluding hydrogens is 661 g/mol. The number of ether oxygens (including phenoxy) is 2. The van der Waals surface area contributed by atoms with Crippen LogP contribution in [0.3, 0.4) is 0 Å². The molecule has 0 spiro atoms. The minimum Gasteiger partial charge on any atom is -0.438 e. The molecule has 6 aromatic rings. The van der Waals surface area contributed by atoms with Gasteiger partial charge in [0.25, 0.3) is 0 Å². The molecule has 54 heavy (non-hydrogen) atoms. The van der Waals surface area contributed by atoms with Crippen molar-refractivity contribution in [3.05, 3.63) is 144 Å². The minimum absolute atomic E-state index is 0.0240.